The number of hydrogen-bond donors (Lipinski definition) is 2. The zero-order valence-electron chi connectivity index (χ0n) is 9.07. The van der Waals surface area contributed by atoms with Gasteiger partial charge in [0.15, 0.2) is 0 Å². The first-order valence-corrected chi connectivity index (χ1v) is 7.60. The van der Waals surface area contributed by atoms with E-state index in [1.165, 1.54) is 22.7 Å². The predicted octanol–water partition coefficient (Wildman–Crippen LogP) is 1.90. The summed E-state index contributed by atoms with van der Waals surface area (Å²) in [6.45, 7) is 1.04. The summed E-state index contributed by atoms with van der Waals surface area (Å²) in [5.74, 6) is 0.453. The third-order valence-electron chi connectivity index (χ3n) is 3.06. The van der Waals surface area contributed by atoms with Crippen LogP contribution in [0.1, 0.15) is 18.4 Å². The van der Waals surface area contributed by atoms with Crippen LogP contribution in [-0.4, -0.2) is 32.2 Å². The van der Waals surface area contributed by atoms with Crippen LogP contribution >= 0.6 is 0 Å². The van der Waals surface area contributed by atoms with Gasteiger partial charge in [0, 0.05) is 0 Å². The molecule has 1 aliphatic rings. The zero-order chi connectivity index (χ0) is 11.0. The van der Waals surface area contributed by atoms with Crippen molar-refractivity contribution in [1.29, 1.82) is 0 Å². The van der Waals surface area contributed by atoms with Crippen molar-refractivity contribution in [3.63, 3.8) is 0 Å². The summed E-state index contributed by atoms with van der Waals surface area (Å²) in [7, 11) is 0. The van der Waals surface area contributed by atoms with Gasteiger partial charge in [-0.25, -0.2) is 0 Å². The number of nitrogens with one attached hydrogen (secondary N) is 1. The molecule has 1 aromatic heterocycles. The first-order chi connectivity index (χ1) is 7.84. The molecule has 16 heavy (non-hydrogen) atoms. The van der Waals surface area contributed by atoms with Gasteiger partial charge in [0.25, 0.3) is 0 Å². The number of phenols is 1. The molecule has 0 atom stereocenters. The normalized spacial score (nSPS) is 15.8. The van der Waals surface area contributed by atoms with Gasteiger partial charge in [-0.3, -0.25) is 0 Å². The summed E-state index contributed by atoms with van der Waals surface area (Å²) in [6, 6.07) is 6.64. The molecule has 0 aliphatic heterocycles. The van der Waals surface area contributed by atoms with Gasteiger partial charge in [-0.05, 0) is 0 Å². The number of phenolic OH excluding ortho intramolecular Hbond substituents is 1. The fraction of sp³-hybridized carbons (Fsp3) is 0.385. The number of fused-ring (bicyclic) bond motifs is 1. The van der Waals surface area contributed by atoms with Gasteiger partial charge in [0.1, 0.15) is 0 Å². The van der Waals surface area contributed by atoms with Crippen molar-refractivity contribution in [1.82, 2.24) is 5.32 Å². The van der Waals surface area contributed by atoms with Gasteiger partial charge in [-0.1, -0.05) is 0 Å². The van der Waals surface area contributed by atoms with E-state index < -0.39 is 0 Å². The van der Waals surface area contributed by atoms with Crippen molar-refractivity contribution in [2.75, 3.05) is 6.54 Å². The molecule has 1 aliphatic carbocycles. The summed E-state index contributed by atoms with van der Waals surface area (Å²) in [5, 5.41) is 14.5. The SMILES string of the molecule is Oc1cccc2[se]cc(CCNC3CC3)c12. The number of benzene rings is 1. The van der Waals surface area contributed by atoms with Crippen molar-refractivity contribution >= 4 is 24.1 Å². The standard InChI is InChI=1S/C13H15NOSe/c15-11-2-1-3-12-13(11)9(8-16-12)6-7-14-10-4-5-10/h1-3,8,10,14-15H,4-7H2. The summed E-state index contributed by atoms with van der Waals surface area (Å²) in [4.78, 5) is 2.31. The Bertz CT molecular complexity index is 502. The molecule has 1 fully saturated rings. The Labute approximate surface area is 101 Å². The van der Waals surface area contributed by atoms with Crippen LogP contribution in [0.4, 0.5) is 0 Å². The van der Waals surface area contributed by atoms with Crippen LogP contribution in [0.15, 0.2) is 23.1 Å². The van der Waals surface area contributed by atoms with E-state index in [1.807, 2.05) is 6.07 Å². The summed E-state index contributed by atoms with van der Waals surface area (Å²) in [6.07, 6.45) is 3.72. The van der Waals surface area contributed by atoms with Crippen molar-refractivity contribution in [3.05, 3.63) is 28.7 Å². The average molecular weight is 280 g/mol. The van der Waals surface area contributed by atoms with Crippen molar-refractivity contribution in [2.45, 2.75) is 25.3 Å². The van der Waals surface area contributed by atoms with E-state index in [0.29, 0.717) is 20.3 Å². The van der Waals surface area contributed by atoms with E-state index in [-0.39, 0.29) is 0 Å². The molecule has 1 aromatic carbocycles. The van der Waals surface area contributed by atoms with Gasteiger partial charge in [0.05, 0.1) is 0 Å². The second-order valence-corrected chi connectivity index (χ2v) is 6.30. The number of hydrogen-bond acceptors (Lipinski definition) is 2. The Morgan fingerprint density at radius 3 is 3.06 bits per heavy atom. The van der Waals surface area contributed by atoms with Gasteiger partial charge < -0.3 is 0 Å². The zero-order valence-corrected chi connectivity index (χ0v) is 10.8. The molecular weight excluding hydrogens is 265 g/mol. The Morgan fingerprint density at radius 2 is 2.25 bits per heavy atom. The Kier molecular flexibility index (Phi) is 2.76. The van der Waals surface area contributed by atoms with E-state index in [2.05, 4.69) is 16.3 Å². The molecule has 0 radical (unpaired) electrons. The van der Waals surface area contributed by atoms with E-state index in [9.17, 15) is 5.11 Å². The molecule has 2 aromatic rings. The monoisotopic (exact) mass is 281 g/mol. The summed E-state index contributed by atoms with van der Waals surface area (Å²) in [5.41, 5.74) is 1.33. The molecule has 0 spiro atoms. The molecule has 2 nitrogen and oxygen atoms in total. The van der Waals surface area contributed by atoms with Crippen LogP contribution in [0.3, 0.4) is 0 Å². The third kappa shape index (κ3) is 2.03. The summed E-state index contributed by atoms with van der Waals surface area (Å²) < 4.78 is 1.33. The van der Waals surface area contributed by atoms with Crippen LogP contribution in [0.25, 0.3) is 9.65 Å². The fourth-order valence-electron chi connectivity index (χ4n) is 2.02. The van der Waals surface area contributed by atoms with Crippen molar-refractivity contribution < 1.29 is 5.11 Å². The topological polar surface area (TPSA) is 32.3 Å². The molecule has 84 valence electrons. The van der Waals surface area contributed by atoms with Crippen LogP contribution in [0.5, 0.6) is 5.75 Å². The van der Waals surface area contributed by atoms with Crippen LogP contribution in [0, 0.1) is 0 Å². The van der Waals surface area contributed by atoms with E-state index in [4.69, 9.17) is 0 Å². The molecule has 0 bridgehead atoms. The predicted molar refractivity (Wildman–Crippen MR) is 67.3 cm³/mol. The van der Waals surface area contributed by atoms with Crippen molar-refractivity contribution in [2.24, 2.45) is 0 Å². The molecule has 3 rings (SSSR count). The van der Waals surface area contributed by atoms with Gasteiger partial charge >= 0.3 is 101 Å². The van der Waals surface area contributed by atoms with Crippen LogP contribution < -0.4 is 5.32 Å². The third-order valence-corrected chi connectivity index (χ3v) is 5.15. The molecule has 0 saturated heterocycles. The minimum absolute atomic E-state index is 0.420. The number of rotatable bonds is 4. The van der Waals surface area contributed by atoms with Gasteiger partial charge in [0.2, 0.25) is 0 Å². The Hall–Kier alpha value is -0.761. The van der Waals surface area contributed by atoms with E-state index >= 15 is 0 Å². The first kappa shape index (κ1) is 10.4. The first-order valence-electron chi connectivity index (χ1n) is 5.76. The van der Waals surface area contributed by atoms with E-state index in [0.717, 1.165) is 24.4 Å². The second kappa shape index (κ2) is 4.25. The van der Waals surface area contributed by atoms with Crippen molar-refractivity contribution in [3.8, 4) is 5.75 Å². The average Bonchev–Trinajstić information content (AvgIpc) is 3.00. The molecule has 1 heterocycles. The molecule has 0 amide bonds. The molecule has 2 N–H and O–H groups in total. The van der Waals surface area contributed by atoms with Gasteiger partial charge in [-0.2, -0.15) is 0 Å². The number of aromatic hydroxyl groups is 1. The molecular formula is C13H15NOSe. The van der Waals surface area contributed by atoms with Crippen LogP contribution in [0.2, 0.25) is 0 Å². The Morgan fingerprint density at radius 1 is 1.38 bits per heavy atom. The summed E-state index contributed by atoms with van der Waals surface area (Å²) >= 11 is 0.420. The molecule has 1 saturated carbocycles. The minimum atomic E-state index is 0.420. The Balaban J connectivity index is 1.79. The van der Waals surface area contributed by atoms with Gasteiger partial charge in [-0.15, -0.1) is 0 Å². The molecule has 3 heteroatoms. The maximum absolute atomic E-state index is 9.87. The maximum atomic E-state index is 9.87. The fourth-order valence-corrected chi connectivity index (χ4v) is 4.15. The quantitative estimate of drug-likeness (QED) is 0.838. The van der Waals surface area contributed by atoms with Crippen LogP contribution in [-0.2, 0) is 6.42 Å². The van der Waals surface area contributed by atoms with E-state index in [1.54, 1.807) is 6.07 Å². The second-order valence-electron chi connectivity index (χ2n) is 4.39. The molecule has 0 unspecified atom stereocenters.